The van der Waals surface area contributed by atoms with Gasteiger partial charge in [-0.15, -0.1) is 0 Å². The number of anilines is 1. The van der Waals surface area contributed by atoms with E-state index in [1.807, 2.05) is 44.2 Å². The van der Waals surface area contributed by atoms with Crippen LogP contribution < -0.4 is 15.0 Å². The van der Waals surface area contributed by atoms with E-state index in [9.17, 15) is 14.4 Å². The molecule has 7 heteroatoms. The first-order valence-corrected chi connectivity index (χ1v) is 11.1. The van der Waals surface area contributed by atoms with Crippen molar-refractivity contribution < 1.29 is 19.1 Å². The molecule has 0 atom stereocenters. The number of hydrogen-bond donors (Lipinski definition) is 1. The van der Waals surface area contributed by atoms with Crippen molar-refractivity contribution in [1.82, 2.24) is 5.32 Å². The van der Waals surface area contributed by atoms with E-state index >= 15 is 0 Å². The topological polar surface area (TPSA) is 75.7 Å². The summed E-state index contributed by atoms with van der Waals surface area (Å²) >= 11 is 6.36. The van der Waals surface area contributed by atoms with Gasteiger partial charge in [0.2, 0.25) is 0 Å². The van der Waals surface area contributed by atoms with Gasteiger partial charge in [-0.25, -0.2) is 9.69 Å². The standard InChI is InChI=1S/C27H23ClN2O4/c1-16-8-10-21(12-17(16)2)30-26(32)23(25(31)29-27(30)33)15-18-9-11-22(34-3)14-20(18)13-19-6-4-5-7-24(19)28/h4-12,14-15H,13H2,1-3H3,(H,29,31,33)/b23-15+. The van der Waals surface area contributed by atoms with E-state index in [0.717, 1.165) is 27.2 Å². The number of benzene rings is 3. The van der Waals surface area contributed by atoms with Gasteiger partial charge >= 0.3 is 6.03 Å². The van der Waals surface area contributed by atoms with E-state index in [4.69, 9.17) is 16.3 Å². The smallest absolute Gasteiger partial charge is 0.335 e. The fourth-order valence-electron chi connectivity index (χ4n) is 3.76. The second-order valence-corrected chi connectivity index (χ2v) is 8.47. The first-order chi connectivity index (χ1) is 16.3. The molecule has 1 fully saturated rings. The third-order valence-corrected chi connectivity index (χ3v) is 6.21. The first-order valence-electron chi connectivity index (χ1n) is 10.7. The lowest BCUT2D eigenvalue weighted by Crippen LogP contribution is -2.54. The number of hydrogen-bond acceptors (Lipinski definition) is 4. The molecule has 0 saturated carbocycles. The highest BCUT2D eigenvalue weighted by Crippen LogP contribution is 2.28. The molecule has 4 rings (SSSR count). The second-order valence-electron chi connectivity index (χ2n) is 8.06. The van der Waals surface area contributed by atoms with Gasteiger partial charge in [-0.1, -0.05) is 41.9 Å². The summed E-state index contributed by atoms with van der Waals surface area (Å²) in [4.78, 5) is 39.5. The number of carbonyl (C=O) groups excluding carboxylic acids is 3. The molecule has 0 aliphatic carbocycles. The van der Waals surface area contributed by atoms with Crippen LogP contribution in [0.1, 0.15) is 27.8 Å². The van der Waals surface area contributed by atoms with Crippen LogP contribution in [0.5, 0.6) is 5.75 Å². The van der Waals surface area contributed by atoms with Crippen molar-refractivity contribution >= 4 is 41.2 Å². The molecule has 4 amide bonds. The van der Waals surface area contributed by atoms with E-state index in [1.54, 1.807) is 37.4 Å². The summed E-state index contributed by atoms with van der Waals surface area (Å²) in [5.41, 5.74) is 4.58. The third kappa shape index (κ3) is 4.58. The molecule has 1 saturated heterocycles. The Bertz CT molecular complexity index is 1350. The number of urea groups is 1. The molecule has 3 aromatic rings. The predicted molar refractivity (Wildman–Crippen MR) is 132 cm³/mol. The summed E-state index contributed by atoms with van der Waals surface area (Å²) in [6.45, 7) is 3.83. The number of amides is 4. The highest BCUT2D eigenvalue weighted by atomic mass is 35.5. The number of nitrogens with one attached hydrogen (secondary N) is 1. The Morgan fingerprint density at radius 1 is 0.941 bits per heavy atom. The van der Waals surface area contributed by atoms with Crippen molar-refractivity contribution in [3.63, 3.8) is 0 Å². The molecule has 172 valence electrons. The summed E-state index contributed by atoms with van der Waals surface area (Å²) < 4.78 is 5.37. The molecule has 1 N–H and O–H groups in total. The van der Waals surface area contributed by atoms with Crippen molar-refractivity contribution in [2.75, 3.05) is 12.0 Å². The quantitative estimate of drug-likeness (QED) is 0.406. The minimum absolute atomic E-state index is 0.136. The molecular weight excluding hydrogens is 452 g/mol. The number of barbiturate groups is 1. The number of methoxy groups -OCH3 is 1. The number of carbonyl (C=O) groups is 3. The Hall–Kier alpha value is -3.90. The molecule has 1 aliphatic rings. The zero-order valence-corrected chi connectivity index (χ0v) is 19.8. The maximum Gasteiger partial charge on any atom is 0.335 e. The maximum absolute atomic E-state index is 13.3. The summed E-state index contributed by atoms with van der Waals surface area (Å²) in [5, 5.41) is 2.89. The van der Waals surface area contributed by atoms with E-state index in [1.165, 1.54) is 6.08 Å². The first kappa shape index (κ1) is 23.3. The van der Waals surface area contributed by atoms with Gasteiger partial charge in [0.05, 0.1) is 12.8 Å². The SMILES string of the molecule is COc1ccc(/C=C2\C(=O)NC(=O)N(c3ccc(C)c(C)c3)C2=O)c(Cc2ccccc2Cl)c1. The van der Waals surface area contributed by atoms with Gasteiger partial charge in [-0.3, -0.25) is 14.9 Å². The van der Waals surface area contributed by atoms with Gasteiger partial charge in [0.25, 0.3) is 11.8 Å². The van der Waals surface area contributed by atoms with Gasteiger partial charge < -0.3 is 4.74 Å². The van der Waals surface area contributed by atoms with Crippen molar-refractivity contribution in [2.24, 2.45) is 0 Å². The van der Waals surface area contributed by atoms with Crippen LogP contribution >= 0.6 is 11.6 Å². The number of rotatable bonds is 5. The van der Waals surface area contributed by atoms with E-state index in [-0.39, 0.29) is 5.57 Å². The van der Waals surface area contributed by atoms with Crippen LogP contribution in [-0.4, -0.2) is 25.0 Å². The monoisotopic (exact) mass is 474 g/mol. The molecule has 0 spiro atoms. The minimum atomic E-state index is -0.776. The lowest BCUT2D eigenvalue weighted by atomic mass is 9.96. The number of aryl methyl sites for hydroxylation is 2. The Morgan fingerprint density at radius 2 is 1.71 bits per heavy atom. The van der Waals surface area contributed by atoms with Crippen molar-refractivity contribution in [3.8, 4) is 5.75 Å². The molecule has 34 heavy (non-hydrogen) atoms. The minimum Gasteiger partial charge on any atom is -0.497 e. The summed E-state index contributed by atoms with van der Waals surface area (Å²) in [5.74, 6) is -0.790. The fourth-order valence-corrected chi connectivity index (χ4v) is 3.96. The van der Waals surface area contributed by atoms with Crippen LogP contribution in [0.2, 0.25) is 5.02 Å². The van der Waals surface area contributed by atoms with Crippen LogP contribution in [-0.2, 0) is 16.0 Å². The highest BCUT2D eigenvalue weighted by molar-refractivity contribution is 6.39. The Balaban J connectivity index is 1.77. The Kier molecular flexibility index (Phi) is 6.52. The van der Waals surface area contributed by atoms with Gasteiger partial charge in [-0.2, -0.15) is 0 Å². The number of halogens is 1. The van der Waals surface area contributed by atoms with Gasteiger partial charge in [0.1, 0.15) is 11.3 Å². The molecule has 3 aromatic carbocycles. The zero-order valence-electron chi connectivity index (χ0n) is 19.0. The van der Waals surface area contributed by atoms with Crippen molar-refractivity contribution in [1.29, 1.82) is 0 Å². The molecule has 1 aliphatic heterocycles. The average molecular weight is 475 g/mol. The predicted octanol–water partition coefficient (Wildman–Crippen LogP) is 5.22. The van der Waals surface area contributed by atoms with Crippen molar-refractivity contribution in [3.05, 3.63) is 99.1 Å². The van der Waals surface area contributed by atoms with E-state index < -0.39 is 17.8 Å². The number of nitrogens with zero attached hydrogens (tertiary/aromatic N) is 1. The van der Waals surface area contributed by atoms with Gasteiger partial charge in [0, 0.05) is 5.02 Å². The average Bonchev–Trinajstić information content (AvgIpc) is 2.81. The zero-order chi connectivity index (χ0) is 24.4. The number of ether oxygens (including phenoxy) is 1. The normalized spacial score (nSPS) is 15.0. The third-order valence-electron chi connectivity index (χ3n) is 5.84. The van der Waals surface area contributed by atoms with Gasteiger partial charge in [0.15, 0.2) is 0 Å². The molecule has 0 aromatic heterocycles. The van der Waals surface area contributed by atoms with Crippen LogP contribution in [0.15, 0.2) is 66.2 Å². The lowest BCUT2D eigenvalue weighted by molar-refractivity contribution is -0.122. The lowest BCUT2D eigenvalue weighted by Gasteiger charge is -2.27. The van der Waals surface area contributed by atoms with Crippen LogP contribution in [0.25, 0.3) is 6.08 Å². The van der Waals surface area contributed by atoms with E-state index in [2.05, 4.69) is 5.32 Å². The Labute approximate surface area is 202 Å². The van der Waals surface area contributed by atoms with Crippen LogP contribution in [0, 0.1) is 13.8 Å². The fraction of sp³-hybridized carbons (Fsp3) is 0.148. The number of imide groups is 2. The molecule has 1 heterocycles. The molecule has 0 bridgehead atoms. The molecular formula is C27H23ClN2O4. The van der Waals surface area contributed by atoms with Crippen LogP contribution in [0.3, 0.4) is 0 Å². The summed E-state index contributed by atoms with van der Waals surface area (Å²) in [6, 6.07) is 17.3. The Morgan fingerprint density at radius 3 is 2.41 bits per heavy atom. The highest BCUT2D eigenvalue weighted by Gasteiger charge is 2.37. The van der Waals surface area contributed by atoms with Crippen molar-refractivity contribution in [2.45, 2.75) is 20.3 Å². The summed E-state index contributed by atoms with van der Waals surface area (Å²) in [7, 11) is 1.57. The van der Waals surface area contributed by atoms with E-state index in [0.29, 0.717) is 28.4 Å². The van der Waals surface area contributed by atoms with Gasteiger partial charge in [-0.05, 0) is 84.5 Å². The largest absolute Gasteiger partial charge is 0.497 e. The van der Waals surface area contributed by atoms with Crippen LogP contribution in [0.4, 0.5) is 10.5 Å². The molecule has 0 radical (unpaired) electrons. The summed E-state index contributed by atoms with van der Waals surface area (Å²) in [6.07, 6.45) is 1.97. The molecule has 6 nitrogen and oxygen atoms in total. The second kappa shape index (κ2) is 9.53. The maximum atomic E-state index is 13.3. The molecule has 0 unspecified atom stereocenters.